The summed E-state index contributed by atoms with van der Waals surface area (Å²) in [6.45, 7) is 10.2. The molecule has 0 saturated heterocycles. The van der Waals surface area contributed by atoms with E-state index in [2.05, 4.69) is 17.2 Å². The van der Waals surface area contributed by atoms with Crippen LogP contribution in [0.25, 0.3) is 0 Å². The van der Waals surface area contributed by atoms with Gasteiger partial charge in [-0.15, -0.1) is 0 Å². The second-order valence-electron chi connectivity index (χ2n) is 8.62. The van der Waals surface area contributed by atoms with E-state index in [0.717, 1.165) is 6.07 Å². The van der Waals surface area contributed by atoms with Crippen LogP contribution in [0.15, 0.2) is 36.4 Å². The molecule has 0 aromatic heterocycles. The minimum atomic E-state index is -1.16. The first-order chi connectivity index (χ1) is 14.8. The van der Waals surface area contributed by atoms with Crippen molar-refractivity contribution in [1.82, 2.24) is 0 Å². The van der Waals surface area contributed by atoms with E-state index in [0.29, 0.717) is 17.4 Å². The monoisotopic (exact) mass is 443 g/mol. The summed E-state index contributed by atoms with van der Waals surface area (Å²) in [7, 11) is 0. The van der Waals surface area contributed by atoms with Gasteiger partial charge in [0, 0.05) is 17.0 Å². The number of rotatable bonds is 5. The number of hydrogen-bond acceptors (Lipinski definition) is 4. The van der Waals surface area contributed by atoms with E-state index < -0.39 is 34.5 Å². The van der Waals surface area contributed by atoms with E-state index in [1.807, 2.05) is 0 Å². The van der Waals surface area contributed by atoms with E-state index in [4.69, 9.17) is 9.47 Å². The molecule has 0 radical (unpaired) electrons. The molecule has 0 atom stereocenters. The van der Waals surface area contributed by atoms with Crippen LogP contribution in [-0.2, 0) is 14.3 Å². The van der Waals surface area contributed by atoms with Crippen molar-refractivity contribution in [1.29, 1.82) is 0 Å². The Labute approximate surface area is 187 Å². The number of carbonyl (C=O) groups excluding carboxylic acids is 2. The lowest BCUT2D eigenvalue weighted by Crippen LogP contribution is -2.39. The van der Waals surface area contributed by atoms with E-state index in [9.17, 15) is 18.4 Å². The average molecular weight is 443 g/mol. The molecule has 7 heteroatoms. The molecule has 0 aliphatic carbocycles. The normalized spacial score (nSPS) is 11.2. The Hall–Kier alpha value is -3.40. The Morgan fingerprint density at radius 3 is 2.19 bits per heavy atom. The van der Waals surface area contributed by atoms with Gasteiger partial charge in [0.1, 0.15) is 11.6 Å². The first-order valence-electron chi connectivity index (χ1n) is 10.1. The summed E-state index contributed by atoms with van der Waals surface area (Å²) in [5.41, 5.74) is -1.54. The lowest BCUT2D eigenvalue weighted by atomic mass is 9.95. The molecule has 0 aliphatic heterocycles. The fraction of sp³-hybridized carbons (Fsp3) is 0.360. The minimum Gasteiger partial charge on any atom is -0.476 e. The number of anilines is 1. The lowest BCUT2D eigenvalue weighted by molar-refractivity contribution is -0.158. The highest BCUT2D eigenvalue weighted by Crippen LogP contribution is 2.25. The third-order valence-corrected chi connectivity index (χ3v) is 4.31. The van der Waals surface area contributed by atoms with Gasteiger partial charge >= 0.3 is 5.97 Å². The van der Waals surface area contributed by atoms with Crippen LogP contribution in [0, 0.1) is 28.9 Å². The Bertz CT molecular complexity index is 1060. The molecule has 1 amide bonds. The number of ether oxygens (including phenoxy) is 2. The van der Waals surface area contributed by atoms with E-state index in [1.165, 1.54) is 0 Å². The van der Waals surface area contributed by atoms with Crippen LogP contribution >= 0.6 is 0 Å². The third kappa shape index (κ3) is 6.55. The number of esters is 1. The summed E-state index contributed by atoms with van der Waals surface area (Å²) in [6.07, 6.45) is 0. The standard InChI is InChI=1S/C25H27F2NO4/c1-7-31-23(30)25(5,6)32-19-12-9-16(10-13-19)8-11-17-14-18(26)15-20(27)21(17)28-22(29)24(2,3)4/h9-10,12-15H,7H2,1-6H3,(H,28,29). The van der Waals surface area contributed by atoms with Crippen molar-refractivity contribution in [2.45, 2.75) is 47.1 Å². The first-order valence-corrected chi connectivity index (χ1v) is 10.1. The summed E-state index contributed by atoms with van der Waals surface area (Å²) < 4.78 is 38.8. The Morgan fingerprint density at radius 2 is 1.62 bits per heavy atom. The molecule has 2 rings (SSSR count). The van der Waals surface area contributed by atoms with E-state index in [1.54, 1.807) is 65.8 Å². The molecule has 0 heterocycles. The van der Waals surface area contributed by atoms with Crippen LogP contribution < -0.4 is 10.1 Å². The van der Waals surface area contributed by atoms with Gasteiger partial charge in [-0.05, 0) is 51.1 Å². The quantitative estimate of drug-likeness (QED) is 0.518. The molecule has 0 spiro atoms. The third-order valence-electron chi connectivity index (χ3n) is 4.31. The zero-order valence-electron chi connectivity index (χ0n) is 19.1. The molecule has 170 valence electrons. The summed E-state index contributed by atoms with van der Waals surface area (Å²) in [4.78, 5) is 24.2. The molecule has 32 heavy (non-hydrogen) atoms. The van der Waals surface area contributed by atoms with Gasteiger partial charge in [-0.25, -0.2) is 13.6 Å². The Kier molecular flexibility index (Phi) is 7.63. The number of halogens is 2. The number of hydrogen-bond donors (Lipinski definition) is 1. The fourth-order valence-corrected chi connectivity index (χ4v) is 2.49. The van der Waals surface area contributed by atoms with Gasteiger partial charge in [-0.3, -0.25) is 4.79 Å². The SMILES string of the molecule is CCOC(=O)C(C)(C)Oc1ccc(C#Cc2cc(F)cc(F)c2NC(=O)C(C)(C)C)cc1. The summed E-state index contributed by atoms with van der Waals surface area (Å²) in [5, 5.41) is 2.49. The van der Waals surface area contributed by atoms with Gasteiger partial charge in [0.2, 0.25) is 5.91 Å². The van der Waals surface area contributed by atoms with Crippen molar-refractivity contribution < 1.29 is 27.8 Å². The van der Waals surface area contributed by atoms with E-state index >= 15 is 0 Å². The second kappa shape index (κ2) is 9.82. The maximum Gasteiger partial charge on any atom is 0.349 e. The Balaban J connectivity index is 2.27. The summed E-state index contributed by atoms with van der Waals surface area (Å²) >= 11 is 0. The maximum atomic E-state index is 14.3. The van der Waals surface area contributed by atoms with Crippen LogP contribution in [0.1, 0.15) is 52.7 Å². The van der Waals surface area contributed by atoms with Crippen molar-refractivity contribution >= 4 is 17.6 Å². The van der Waals surface area contributed by atoms with Gasteiger partial charge < -0.3 is 14.8 Å². The van der Waals surface area contributed by atoms with Gasteiger partial charge in [-0.1, -0.05) is 32.6 Å². The predicted octanol–water partition coefficient (Wildman–Crippen LogP) is 5.07. The topological polar surface area (TPSA) is 64.6 Å². The molecule has 1 N–H and O–H groups in total. The van der Waals surface area contributed by atoms with Crippen molar-refractivity contribution in [3.8, 4) is 17.6 Å². The summed E-state index contributed by atoms with van der Waals surface area (Å²) in [6, 6.07) is 8.30. The lowest BCUT2D eigenvalue weighted by Gasteiger charge is -2.24. The molecule has 2 aromatic carbocycles. The molecular formula is C25H27F2NO4. The van der Waals surface area contributed by atoms with Gasteiger partial charge in [0.05, 0.1) is 17.9 Å². The van der Waals surface area contributed by atoms with Crippen LogP contribution in [0.3, 0.4) is 0 Å². The zero-order valence-corrected chi connectivity index (χ0v) is 19.1. The van der Waals surface area contributed by atoms with Gasteiger partial charge in [0.25, 0.3) is 0 Å². The molecule has 0 fully saturated rings. The molecule has 2 aromatic rings. The second-order valence-corrected chi connectivity index (χ2v) is 8.62. The highest BCUT2D eigenvalue weighted by Gasteiger charge is 2.31. The van der Waals surface area contributed by atoms with Crippen LogP contribution in [0.5, 0.6) is 5.75 Å². The van der Waals surface area contributed by atoms with Gasteiger partial charge in [-0.2, -0.15) is 0 Å². The molecule has 0 saturated carbocycles. The van der Waals surface area contributed by atoms with Crippen LogP contribution in [0.2, 0.25) is 0 Å². The first kappa shape index (κ1) is 24.9. The molecular weight excluding hydrogens is 416 g/mol. The maximum absolute atomic E-state index is 14.3. The smallest absolute Gasteiger partial charge is 0.349 e. The molecule has 5 nitrogen and oxygen atoms in total. The number of benzene rings is 2. The van der Waals surface area contributed by atoms with Crippen LogP contribution in [0.4, 0.5) is 14.5 Å². The average Bonchev–Trinajstić information content (AvgIpc) is 2.68. The van der Waals surface area contributed by atoms with Crippen molar-refractivity contribution in [2.24, 2.45) is 5.41 Å². The highest BCUT2D eigenvalue weighted by molar-refractivity contribution is 5.95. The number of carbonyl (C=O) groups is 2. The predicted molar refractivity (Wildman–Crippen MR) is 118 cm³/mol. The van der Waals surface area contributed by atoms with Gasteiger partial charge in [0.15, 0.2) is 11.4 Å². The molecule has 0 unspecified atom stereocenters. The fourth-order valence-electron chi connectivity index (χ4n) is 2.49. The number of amides is 1. The minimum absolute atomic E-state index is 0.0175. The molecule has 0 aliphatic rings. The summed E-state index contributed by atoms with van der Waals surface area (Å²) in [5.74, 6) is 3.35. The zero-order chi connectivity index (χ0) is 24.1. The number of nitrogens with one attached hydrogen (secondary N) is 1. The van der Waals surface area contributed by atoms with Crippen molar-refractivity contribution in [2.75, 3.05) is 11.9 Å². The molecule has 0 bridgehead atoms. The Morgan fingerprint density at radius 1 is 1.00 bits per heavy atom. The van der Waals surface area contributed by atoms with E-state index in [-0.39, 0.29) is 17.9 Å². The largest absolute Gasteiger partial charge is 0.476 e. The highest BCUT2D eigenvalue weighted by atomic mass is 19.1. The van der Waals surface area contributed by atoms with Crippen molar-refractivity contribution in [3.05, 3.63) is 59.2 Å². The van der Waals surface area contributed by atoms with Crippen LogP contribution in [-0.4, -0.2) is 24.1 Å². The van der Waals surface area contributed by atoms with Crippen molar-refractivity contribution in [3.63, 3.8) is 0 Å².